The molecule has 26 heavy (non-hydrogen) atoms. The third kappa shape index (κ3) is 6.28. The van der Waals surface area contributed by atoms with Crippen LogP contribution in [0.4, 0.5) is 5.69 Å². The molecule has 0 bridgehead atoms. The highest BCUT2D eigenvalue weighted by Gasteiger charge is 2.35. The lowest BCUT2D eigenvalue weighted by Gasteiger charge is -2.28. The van der Waals surface area contributed by atoms with Crippen LogP contribution in [-0.2, 0) is 0 Å². The molecule has 0 aromatic heterocycles. The maximum absolute atomic E-state index is 12.5. The number of hydrogen-bond donors (Lipinski definition) is 3. The Kier molecular flexibility index (Phi) is 7.55. The molecule has 4 nitrogen and oxygen atoms in total. The number of hydrogen-bond acceptors (Lipinski definition) is 2. The minimum atomic E-state index is -1.82. The summed E-state index contributed by atoms with van der Waals surface area (Å²) in [6.45, 7) is 1.98. The van der Waals surface area contributed by atoms with Gasteiger partial charge < -0.3 is 16.0 Å². The van der Waals surface area contributed by atoms with Crippen LogP contribution in [0.3, 0.4) is 0 Å². The molecular formula is C17H15BrCl3N3OS. The zero-order valence-corrected chi connectivity index (χ0v) is 18.2. The molecule has 1 amide bonds. The Morgan fingerprint density at radius 2 is 1.69 bits per heavy atom. The molecule has 2 aromatic carbocycles. The van der Waals surface area contributed by atoms with Crippen molar-refractivity contribution in [3.05, 3.63) is 64.1 Å². The fourth-order valence-corrected chi connectivity index (χ4v) is 3.02. The number of nitrogens with one attached hydrogen (secondary N) is 3. The minimum Gasteiger partial charge on any atom is -0.339 e. The summed E-state index contributed by atoms with van der Waals surface area (Å²) >= 11 is 26.5. The molecule has 0 saturated heterocycles. The Bertz CT molecular complexity index is 797. The SMILES string of the molecule is Cc1ccc(NC(=S)N[C@@H](NC(=O)c2ccccc2Br)C(Cl)(Cl)Cl)cc1. The number of rotatable bonds is 4. The van der Waals surface area contributed by atoms with Gasteiger partial charge in [-0.3, -0.25) is 4.79 Å². The maximum atomic E-state index is 12.5. The Hall–Kier alpha value is -1.05. The lowest BCUT2D eigenvalue weighted by Crippen LogP contribution is -2.56. The average molecular weight is 496 g/mol. The van der Waals surface area contributed by atoms with Gasteiger partial charge in [0.05, 0.1) is 5.56 Å². The van der Waals surface area contributed by atoms with E-state index >= 15 is 0 Å². The van der Waals surface area contributed by atoms with Gasteiger partial charge in [-0.25, -0.2) is 0 Å². The smallest absolute Gasteiger partial charge is 0.254 e. The molecule has 0 saturated carbocycles. The van der Waals surface area contributed by atoms with Crippen molar-refractivity contribution in [1.82, 2.24) is 10.6 Å². The predicted octanol–water partition coefficient (Wildman–Crippen LogP) is 5.17. The molecule has 9 heteroatoms. The summed E-state index contributed by atoms with van der Waals surface area (Å²) in [7, 11) is 0. The second-order valence-electron chi connectivity index (χ2n) is 5.39. The van der Waals surface area contributed by atoms with Gasteiger partial charge in [0, 0.05) is 10.2 Å². The van der Waals surface area contributed by atoms with E-state index in [4.69, 9.17) is 47.0 Å². The van der Waals surface area contributed by atoms with Crippen molar-refractivity contribution in [3.8, 4) is 0 Å². The van der Waals surface area contributed by atoms with E-state index in [0.29, 0.717) is 10.0 Å². The van der Waals surface area contributed by atoms with Crippen molar-refractivity contribution in [2.24, 2.45) is 0 Å². The molecule has 0 radical (unpaired) electrons. The Morgan fingerprint density at radius 3 is 2.27 bits per heavy atom. The highest BCUT2D eigenvalue weighted by molar-refractivity contribution is 9.10. The number of carbonyl (C=O) groups excluding carboxylic acids is 1. The van der Waals surface area contributed by atoms with Crippen LogP contribution in [0.25, 0.3) is 0 Å². The summed E-state index contributed by atoms with van der Waals surface area (Å²) < 4.78 is -1.20. The van der Waals surface area contributed by atoms with Crippen LogP contribution >= 0.6 is 63.0 Å². The predicted molar refractivity (Wildman–Crippen MR) is 116 cm³/mol. The lowest BCUT2D eigenvalue weighted by molar-refractivity contribution is 0.0934. The molecule has 0 unspecified atom stereocenters. The number of benzene rings is 2. The van der Waals surface area contributed by atoms with Crippen LogP contribution in [0, 0.1) is 6.92 Å². The zero-order valence-electron chi connectivity index (χ0n) is 13.5. The van der Waals surface area contributed by atoms with Gasteiger partial charge in [-0.1, -0.05) is 64.6 Å². The quantitative estimate of drug-likeness (QED) is 0.311. The largest absolute Gasteiger partial charge is 0.339 e. The van der Waals surface area contributed by atoms with Gasteiger partial charge in [-0.2, -0.15) is 0 Å². The molecule has 3 N–H and O–H groups in total. The van der Waals surface area contributed by atoms with Crippen molar-refractivity contribution in [2.75, 3.05) is 5.32 Å². The summed E-state index contributed by atoms with van der Waals surface area (Å²) in [5.41, 5.74) is 2.30. The van der Waals surface area contributed by atoms with Crippen LogP contribution in [0.15, 0.2) is 53.0 Å². The van der Waals surface area contributed by atoms with Crippen LogP contribution < -0.4 is 16.0 Å². The molecule has 0 aliphatic heterocycles. The molecule has 0 spiro atoms. The highest BCUT2D eigenvalue weighted by atomic mass is 79.9. The second-order valence-corrected chi connectivity index (χ2v) is 9.02. The molecule has 0 fully saturated rings. The highest BCUT2D eigenvalue weighted by Crippen LogP contribution is 2.29. The van der Waals surface area contributed by atoms with Crippen molar-refractivity contribution < 1.29 is 4.79 Å². The fraction of sp³-hybridized carbons (Fsp3) is 0.176. The first-order valence-corrected chi connectivity index (χ1v) is 9.76. The van der Waals surface area contributed by atoms with Gasteiger partial charge in [0.15, 0.2) is 5.11 Å². The molecule has 0 aliphatic rings. The van der Waals surface area contributed by atoms with E-state index in [9.17, 15) is 4.79 Å². The molecular weight excluding hydrogens is 481 g/mol. The van der Waals surface area contributed by atoms with Crippen molar-refractivity contribution in [1.29, 1.82) is 0 Å². The van der Waals surface area contributed by atoms with Gasteiger partial charge in [0.2, 0.25) is 3.79 Å². The number of aryl methyl sites for hydroxylation is 1. The lowest BCUT2D eigenvalue weighted by atomic mass is 10.2. The number of alkyl halides is 3. The number of carbonyl (C=O) groups is 1. The van der Waals surface area contributed by atoms with Crippen LogP contribution in [0.2, 0.25) is 0 Å². The Labute approximate surface area is 180 Å². The number of anilines is 1. The summed E-state index contributed by atoms with van der Waals surface area (Å²) in [4.78, 5) is 12.5. The van der Waals surface area contributed by atoms with Crippen molar-refractivity contribution in [3.63, 3.8) is 0 Å². The average Bonchev–Trinajstić information content (AvgIpc) is 2.56. The van der Waals surface area contributed by atoms with Crippen LogP contribution in [0.5, 0.6) is 0 Å². The van der Waals surface area contributed by atoms with Gasteiger partial charge in [0.1, 0.15) is 6.17 Å². The minimum absolute atomic E-state index is 0.206. The second kappa shape index (κ2) is 9.24. The first-order chi connectivity index (χ1) is 12.2. The Morgan fingerprint density at radius 1 is 1.08 bits per heavy atom. The van der Waals surface area contributed by atoms with Gasteiger partial charge in [-0.05, 0) is 59.3 Å². The third-order valence-corrected chi connectivity index (χ3v) is 4.87. The molecule has 0 heterocycles. The summed E-state index contributed by atoms with van der Waals surface area (Å²) in [5.74, 6) is -0.417. The van der Waals surface area contributed by atoms with E-state index in [1.54, 1.807) is 24.3 Å². The molecule has 138 valence electrons. The normalized spacial score (nSPS) is 12.2. The number of halogens is 4. The maximum Gasteiger partial charge on any atom is 0.254 e. The van der Waals surface area contributed by atoms with Gasteiger partial charge in [0.25, 0.3) is 5.91 Å². The van der Waals surface area contributed by atoms with Crippen molar-refractivity contribution in [2.45, 2.75) is 16.9 Å². The number of amides is 1. The molecule has 1 atom stereocenters. The first kappa shape index (κ1) is 21.3. The van der Waals surface area contributed by atoms with Crippen molar-refractivity contribution >= 4 is 79.7 Å². The number of thiocarbonyl (C=S) groups is 1. The van der Waals surface area contributed by atoms with E-state index in [1.165, 1.54) is 0 Å². The van der Waals surface area contributed by atoms with Gasteiger partial charge in [-0.15, -0.1) is 0 Å². The van der Waals surface area contributed by atoms with E-state index < -0.39 is 15.9 Å². The monoisotopic (exact) mass is 493 g/mol. The summed E-state index contributed by atoms with van der Waals surface area (Å²) in [5, 5.41) is 8.64. The fourth-order valence-electron chi connectivity index (χ4n) is 1.99. The van der Waals surface area contributed by atoms with E-state index in [0.717, 1.165) is 11.3 Å². The zero-order chi connectivity index (χ0) is 19.3. The summed E-state index contributed by atoms with van der Waals surface area (Å²) in [6, 6.07) is 14.5. The van der Waals surface area contributed by atoms with E-state index in [1.807, 2.05) is 31.2 Å². The first-order valence-electron chi connectivity index (χ1n) is 7.43. The topological polar surface area (TPSA) is 53.2 Å². The van der Waals surface area contributed by atoms with Gasteiger partial charge >= 0.3 is 0 Å². The molecule has 2 rings (SSSR count). The van der Waals surface area contributed by atoms with Crippen LogP contribution in [-0.4, -0.2) is 21.0 Å². The molecule has 0 aliphatic carbocycles. The molecule has 2 aromatic rings. The Balaban J connectivity index is 2.07. The third-order valence-electron chi connectivity index (χ3n) is 3.31. The standard InChI is InChI=1S/C17H15BrCl3N3OS/c1-10-6-8-11(9-7-10)22-16(26)24-15(17(19,20)21)23-14(25)12-4-2-3-5-13(12)18/h2-9,15H,1H3,(H,23,25)(H2,22,24,26)/t15-/m1/s1. The summed E-state index contributed by atoms with van der Waals surface area (Å²) in [6.07, 6.45) is -1.04. The van der Waals surface area contributed by atoms with E-state index in [2.05, 4.69) is 31.9 Å². The van der Waals surface area contributed by atoms with Crippen LogP contribution in [0.1, 0.15) is 15.9 Å². The van der Waals surface area contributed by atoms with E-state index in [-0.39, 0.29) is 5.11 Å².